The van der Waals surface area contributed by atoms with Crippen molar-refractivity contribution in [3.8, 4) is 0 Å². The van der Waals surface area contributed by atoms with Gasteiger partial charge in [-0.3, -0.25) is 4.79 Å². The molecule has 0 aliphatic heterocycles. The van der Waals surface area contributed by atoms with Gasteiger partial charge in [-0.15, -0.1) is 0 Å². The fourth-order valence-electron chi connectivity index (χ4n) is 3.34. The zero-order valence-corrected chi connectivity index (χ0v) is 14.6. The lowest BCUT2D eigenvalue weighted by molar-refractivity contribution is -0.120. The Morgan fingerprint density at radius 1 is 1.27 bits per heavy atom. The molecule has 0 radical (unpaired) electrons. The third kappa shape index (κ3) is 2.83. The largest absolute Gasteiger partial charge is 0.358 e. The molecule has 4 aromatic rings. The second-order valence-corrected chi connectivity index (χ2v) is 6.45. The van der Waals surface area contributed by atoms with E-state index in [2.05, 4.69) is 15.3 Å². The molecular weight excluding hydrogens is 331 g/mol. The number of aryl methyl sites for hydroxylation is 2. The molecule has 26 heavy (non-hydrogen) atoms. The van der Waals surface area contributed by atoms with Crippen molar-refractivity contribution in [2.45, 2.75) is 19.9 Å². The number of aromatic amines is 1. The Morgan fingerprint density at radius 3 is 2.88 bits per heavy atom. The van der Waals surface area contributed by atoms with E-state index in [-0.39, 0.29) is 18.1 Å². The number of carbonyl (C=O) groups is 1. The Hall–Kier alpha value is -3.15. The normalized spacial score (nSPS) is 11.3. The molecule has 0 aliphatic carbocycles. The number of imidazole rings is 1. The van der Waals surface area contributed by atoms with Gasteiger partial charge in [0.05, 0.1) is 24.0 Å². The smallest absolute Gasteiger partial charge is 0.224 e. The molecule has 1 amide bonds. The van der Waals surface area contributed by atoms with E-state index < -0.39 is 0 Å². The molecule has 2 heterocycles. The fourth-order valence-corrected chi connectivity index (χ4v) is 3.34. The van der Waals surface area contributed by atoms with Crippen LogP contribution >= 0.6 is 0 Å². The Labute approximate surface area is 149 Å². The summed E-state index contributed by atoms with van der Waals surface area (Å²) in [5.41, 5.74) is 4.47. The van der Waals surface area contributed by atoms with E-state index >= 15 is 0 Å². The van der Waals surface area contributed by atoms with E-state index in [0.717, 1.165) is 39.0 Å². The summed E-state index contributed by atoms with van der Waals surface area (Å²) >= 11 is 0. The van der Waals surface area contributed by atoms with Gasteiger partial charge in [0.25, 0.3) is 0 Å². The van der Waals surface area contributed by atoms with Gasteiger partial charge in [-0.2, -0.15) is 0 Å². The van der Waals surface area contributed by atoms with Crippen LogP contribution in [0, 0.1) is 12.7 Å². The highest BCUT2D eigenvalue weighted by atomic mass is 19.1. The van der Waals surface area contributed by atoms with Crippen LogP contribution in [-0.4, -0.2) is 20.4 Å². The van der Waals surface area contributed by atoms with Crippen molar-refractivity contribution in [3.05, 3.63) is 65.4 Å². The van der Waals surface area contributed by atoms with Crippen LogP contribution in [0.5, 0.6) is 0 Å². The number of para-hydroxylation sites is 2. The zero-order chi connectivity index (χ0) is 18.3. The number of amides is 1. The molecule has 0 fully saturated rings. The van der Waals surface area contributed by atoms with Crippen molar-refractivity contribution in [1.82, 2.24) is 19.9 Å². The second-order valence-electron chi connectivity index (χ2n) is 6.45. The third-order valence-corrected chi connectivity index (χ3v) is 4.74. The van der Waals surface area contributed by atoms with Gasteiger partial charge >= 0.3 is 0 Å². The van der Waals surface area contributed by atoms with Crippen molar-refractivity contribution < 1.29 is 9.18 Å². The number of fused-ring (bicyclic) bond motifs is 2. The first kappa shape index (κ1) is 16.3. The Kier molecular flexibility index (Phi) is 3.95. The van der Waals surface area contributed by atoms with E-state index in [1.54, 1.807) is 6.07 Å². The molecule has 132 valence electrons. The average Bonchev–Trinajstić information content (AvgIpc) is 3.11. The first-order chi connectivity index (χ1) is 12.5. The minimum atomic E-state index is -0.308. The standard InChI is InChI=1S/C20H19FN4O/c1-12-14(15-9-13(21)7-8-16(15)23-12)10-20(26)22-11-19-24-17-5-3-4-6-18(17)25(19)2/h3-9,23H,10-11H2,1-2H3,(H,22,26). The van der Waals surface area contributed by atoms with E-state index in [4.69, 9.17) is 0 Å². The molecule has 2 aromatic carbocycles. The lowest BCUT2D eigenvalue weighted by Gasteiger charge is -2.06. The molecule has 0 aliphatic rings. The number of nitrogens with zero attached hydrogens (tertiary/aromatic N) is 2. The average molecular weight is 350 g/mol. The van der Waals surface area contributed by atoms with Gasteiger partial charge in [0, 0.05) is 23.6 Å². The van der Waals surface area contributed by atoms with Crippen LogP contribution in [0.25, 0.3) is 21.9 Å². The molecule has 2 N–H and O–H groups in total. The van der Waals surface area contributed by atoms with Crippen LogP contribution in [0.1, 0.15) is 17.1 Å². The Bertz CT molecular complexity index is 1130. The number of carbonyl (C=O) groups excluding carboxylic acids is 1. The highest BCUT2D eigenvalue weighted by Gasteiger charge is 2.14. The van der Waals surface area contributed by atoms with Crippen LogP contribution in [-0.2, 0) is 24.8 Å². The van der Waals surface area contributed by atoms with Gasteiger partial charge in [0.2, 0.25) is 5.91 Å². The van der Waals surface area contributed by atoms with Crippen molar-refractivity contribution in [1.29, 1.82) is 0 Å². The molecule has 4 rings (SSSR count). The van der Waals surface area contributed by atoms with Gasteiger partial charge in [-0.05, 0) is 42.8 Å². The van der Waals surface area contributed by atoms with Crippen LogP contribution in [0.3, 0.4) is 0 Å². The number of nitrogens with one attached hydrogen (secondary N) is 2. The molecule has 2 aromatic heterocycles. The summed E-state index contributed by atoms with van der Waals surface area (Å²) in [5.74, 6) is 0.365. The van der Waals surface area contributed by atoms with Crippen molar-refractivity contribution in [2.24, 2.45) is 7.05 Å². The molecule has 0 saturated heterocycles. The third-order valence-electron chi connectivity index (χ3n) is 4.74. The quantitative estimate of drug-likeness (QED) is 0.593. The first-order valence-electron chi connectivity index (χ1n) is 8.46. The lowest BCUT2D eigenvalue weighted by Crippen LogP contribution is -2.26. The number of aromatic nitrogens is 3. The monoisotopic (exact) mass is 350 g/mol. The van der Waals surface area contributed by atoms with Crippen LogP contribution in [0.4, 0.5) is 4.39 Å². The van der Waals surface area contributed by atoms with E-state index in [1.165, 1.54) is 12.1 Å². The van der Waals surface area contributed by atoms with Gasteiger partial charge in [-0.25, -0.2) is 9.37 Å². The Balaban J connectivity index is 1.51. The topological polar surface area (TPSA) is 62.7 Å². The first-order valence-corrected chi connectivity index (χ1v) is 8.46. The van der Waals surface area contributed by atoms with Crippen molar-refractivity contribution >= 4 is 27.8 Å². The van der Waals surface area contributed by atoms with Crippen molar-refractivity contribution in [3.63, 3.8) is 0 Å². The van der Waals surface area contributed by atoms with Gasteiger partial charge in [0.15, 0.2) is 0 Å². The molecule has 0 atom stereocenters. The molecule has 0 bridgehead atoms. The molecule has 0 spiro atoms. The van der Waals surface area contributed by atoms with Crippen LogP contribution in [0.2, 0.25) is 0 Å². The molecule has 5 nitrogen and oxygen atoms in total. The summed E-state index contributed by atoms with van der Waals surface area (Å²) in [4.78, 5) is 20.2. The Morgan fingerprint density at radius 2 is 2.08 bits per heavy atom. The highest BCUT2D eigenvalue weighted by Crippen LogP contribution is 2.23. The number of halogens is 1. The van der Waals surface area contributed by atoms with Crippen molar-refractivity contribution in [2.75, 3.05) is 0 Å². The lowest BCUT2D eigenvalue weighted by atomic mass is 10.1. The maximum atomic E-state index is 13.6. The van der Waals surface area contributed by atoms with Gasteiger partial charge in [0.1, 0.15) is 11.6 Å². The van der Waals surface area contributed by atoms with Gasteiger partial charge < -0.3 is 14.9 Å². The van der Waals surface area contributed by atoms with Gasteiger partial charge in [-0.1, -0.05) is 12.1 Å². The summed E-state index contributed by atoms with van der Waals surface area (Å²) in [5, 5.41) is 3.67. The molecule has 0 unspecified atom stereocenters. The number of hydrogen-bond donors (Lipinski definition) is 2. The second kappa shape index (κ2) is 6.29. The minimum absolute atomic E-state index is 0.120. The predicted molar refractivity (Wildman–Crippen MR) is 99.3 cm³/mol. The minimum Gasteiger partial charge on any atom is -0.358 e. The molecule has 6 heteroatoms. The number of H-pyrrole nitrogens is 1. The van der Waals surface area contributed by atoms with E-state index in [9.17, 15) is 9.18 Å². The van der Waals surface area contributed by atoms with E-state index in [1.807, 2.05) is 42.8 Å². The van der Waals surface area contributed by atoms with Crippen LogP contribution < -0.4 is 5.32 Å². The maximum Gasteiger partial charge on any atom is 0.224 e. The molecule has 0 saturated carbocycles. The zero-order valence-electron chi connectivity index (χ0n) is 14.6. The number of benzene rings is 2. The SMILES string of the molecule is Cc1[nH]c2ccc(F)cc2c1CC(=O)NCc1nc2ccccc2n1C. The number of hydrogen-bond acceptors (Lipinski definition) is 2. The molecular formula is C20H19FN4O. The summed E-state index contributed by atoms with van der Waals surface area (Å²) < 4.78 is 15.5. The van der Waals surface area contributed by atoms with Crippen LogP contribution in [0.15, 0.2) is 42.5 Å². The predicted octanol–water partition coefficient (Wildman–Crippen LogP) is 3.36. The summed E-state index contributed by atoms with van der Waals surface area (Å²) in [6.45, 7) is 2.24. The maximum absolute atomic E-state index is 13.6. The van der Waals surface area contributed by atoms with E-state index in [0.29, 0.717) is 6.54 Å². The highest BCUT2D eigenvalue weighted by molar-refractivity contribution is 5.90. The number of rotatable bonds is 4. The summed E-state index contributed by atoms with van der Waals surface area (Å²) in [6.07, 6.45) is 0.194. The summed E-state index contributed by atoms with van der Waals surface area (Å²) in [7, 11) is 1.93. The summed E-state index contributed by atoms with van der Waals surface area (Å²) in [6, 6.07) is 12.4. The fraction of sp³-hybridized carbons (Fsp3) is 0.200.